The van der Waals surface area contributed by atoms with Crippen LogP contribution in [0.4, 0.5) is 0 Å². The number of imidazole rings is 1. The lowest BCUT2D eigenvalue weighted by Crippen LogP contribution is -2.13. The van der Waals surface area contributed by atoms with Crippen molar-refractivity contribution >= 4 is 27.3 Å². The molecule has 0 saturated heterocycles. The summed E-state index contributed by atoms with van der Waals surface area (Å²) in [7, 11) is 2.01. The Morgan fingerprint density at radius 2 is 2.33 bits per heavy atom. The van der Waals surface area contributed by atoms with E-state index in [1.807, 2.05) is 24.1 Å². The molecule has 0 aliphatic carbocycles. The molecule has 3 nitrogen and oxygen atoms in total. The summed E-state index contributed by atoms with van der Waals surface area (Å²) < 4.78 is 3.21. The summed E-state index contributed by atoms with van der Waals surface area (Å²) in [5, 5.41) is 3.39. The molecule has 0 aliphatic rings. The number of nitrogens with zero attached hydrogens (tertiary/aromatic N) is 2. The van der Waals surface area contributed by atoms with Crippen LogP contribution >= 0.6 is 27.3 Å². The van der Waals surface area contributed by atoms with E-state index in [1.54, 1.807) is 11.3 Å². The van der Waals surface area contributed by atoms with Crippen LogP contribution < -0.4 is 5.32 Å². The number of thiophene rings is 1. The molecule has 2 rings (SSSR count). The number of aryl methyl sites for hydroxylation is 1. The number of rotatable bonds is 4. The molecule has 0 atom stereocenters. The van der Waals surface area contributed by atoms with Crippen molar-refractivity contribution in [2.75, 3.05) is 0 Å². The van der Waals surface area contributed by atoms with Crippen LogP contribution in [-0.4, -0.2) is 9.55 Å². The first-order chi connectivity index (χ1) is 7.25. The molecule has 0 radical (unpaired) electrons. The highest BCUT2D eigenvalue weighted by molar-refractivity contribution is 9.11. The number of hydrogen-bond acceptors (Lipinski definition) is 3. The largest absolute Gasteiger partial charge is 0.337 e. The van der Waals surface area contributed by atoms with E-state index in [-0.39, 0.29) is 0 Å². The van der Waals surface area contributed by atoms with Crippen LogP contribution in [0.2, 0.25) is 0 Å². The van der Waals surface area contributed by atoms with Gasteiger partial charge >= 0.3 is 0 Å². The third-order valence-electron chi connectivity index (χ3n) is 2.15. The van der Waals surface area contributed by atoms with Crippen LogP contribution in [-0.2, 0) is 20.1 Å². The van der Waals surface area contributed by atoms with Gasteiger partial charge in [-0.2, -0.15) is 0 Å². The minimum atomic E-state index is 0.853. The van der Waals surface area contributed by atoms with Crippen molar-refractivity contribution < 1.29 is 0 Å². The van der Waals surface area contributed by atoms with Gasteiger partial charge in [-0.05, 0) is 28.1 Å². The third kappa shape index (κ3) is 2.90. The lowest BCUT2D eigenvalue weighted by atomic mass is 10.4. The van der Waals surface area contributed by atoms with E-state index in [9.17, 15) is 0 Å². The smallest absolute Gasteiger partial charge is 0.0945 e. The van der Waals surface area contributed by atoms with E-state index >= 15 is 0 Å². The zero-order chi connectivity index (χ0) is 10.7. The highest BCUT2D eigenvalue weighted by Gasteiger charge is 1.99. The van der Waals surface area contributed by atoms with E-state index in [0.29, 0.717) is 0 Å². The molecule has 0 saturated carbocycles. The van der Waals surface area contributed by atoms with Crippen molar-refractivity contribution in [3.8, 4) is 0 Å². The summed E-state index contributed by atoms with van der Waals surface area (Å²) in [6.45, 7) is 1.76. The fraction of sp³-hybridized carbons (Fsp3) is 0.300. The van der Waals surface area contributed by atoms with E-state index < -0.39 is 0 Å². The first-order valence-corrected chi connectivity index (χ1v) is 6.27. The van der Waals surface area contributed by atoms with Gasteiger partial charge < -0.3 is 9.88 Å². The Balaban J connectivity index is 1.83. The monoisotopic (exact) mass is 285 g/mol. The molecule has 0 unspecified atom stereocenters. The molecule has 2 aromatic heterocycles. The number of halogens is 1. The maximum atomic E-state index is 4.07. The fourth-order valence-electron chi connectivity index (χ4n) is 1.32. The van der Waals surface area contributed by atoms with Gasteiger partial charge in [0.1, 0.15) is 0 Å². The number of aromatic nitrogens is 2. The van der Waals surface area contributed by atoms with Crippen LogP contribution in [0.25, 0.3) is 0 Å². The minimum absolute atomic E-state index is 0.853. The van der Waals surface area contributed by atoms with E-state index in [4.69, 9.17) is 0 Å². The average molecular weight is 286 g/mol. The molecular formula is C10H12BrN3S. The van der Waals surface area contributed by atoms with Crippen LogP contribution in [0, 0.1) is 0 Å². The Morgan fingerprint density at radius 1 is 1.47 bits per heavy atom. The zero-order valence-electron chi connectivity index (χ0n) is 8.40. The van der Waals surface area contributed by atoms with Gasteiger partial charge in [-0.15, -0.1) is 11.3 Å². The minimum Gasteiger partial charge on any atom is -0.337 e. The number of hydrogen-bond donors (Lipinski definition) is 1. The van der Waals surface area contributed by atoms with Gasteiger partial charge in [-0.3, -0.25) is 0 Å². The fourth-order valence-corrected chi connectivity index (χ4v) is 2.77. The van der Waals surface area contributed by atoms with Gasteiger partial charge in [0, 0.05) is 31.2 Å². The van der Waals surface area contributed by atoms with Crippen molar-refractivity contribution in [2.24, 2.45) is 7.05 Å². The standard InChI is InChI=1S/C10H12BrN3S/c1-14-7-13-5-8(14)4-12-6-9-2-3-10(11)15-9/h2-3,5,7,12H,4,6H2,1H3. The summed E-state index contributed by atoms with van der Waals surface area (Å²) in [5.74, 6) is 0. The molecule has 0 amide bonds. The molecule has 2 aromatic rings. The van der Waals surface area contributed by atoms with Gasteiger partial charge in [0.25, 0.3) is 0 Å². The van der Waals surface area contributed by atoms with E-state index in [0.717, 1.165) is 13.1 Å². The molecule has 2 heterocycles. The molecule has 1 N–H and O–H groups in total. The Bertz CT molecular complexity index is 435. The Labute approximate surface area is 101 Å². The second-order valence-electron chi connectivity index (χ2n) is 3.31. The van der Waals surface area contributed by atoms with Crippen molar-refractivity contribution in [3.63, 3.8) is 0 Å². The first kappa shape index (κ1) is 10.9. The number of nitrogens with one attached hydrogen (secondary N) is 1. The zero-order valence-corrected chi connectivity index (χ0v) is 10.8. The third-order valence-corrected chi connectivity index (χ3v) is 3.77. The molecule has 0 spiro atoms. The average Bonchev–Trinajstić information content (AvgIpc) is 2.77. The lowest BCUT2D eigenvalue weighted by Gasteiger charge is -2.03. The molecule has 0 bridgehead atoms. The Kier molecular flexibility index (Phi) is 3.56. The topological polar surface area (TPSA) is 29.9 Å². The lowest BCUT2D eigenvalue weighted by molar-refractivity contribution is 0.660. The van der Waals surface area contributed by atoms with Crippen molar-refractivity contribution in [3.05, 3.63) is 39.0 Å². The molecule has 0 aliphatic heterocycles. The maximum Gasteiger partial charge on any atom is 0.0945 e. The Hall–Kier alpha value is -0.650. The normalized spacial score (nSPS) is 10.8. The van der Waals surface area contributed by atoms with E-state index in [2.05, 4.69) is 38.4 Å². The highest BCUT2D eigenvalue weighted by atomic mass is 79.9. The second-order valence-corrected chi connectivity index (χ2v) is 5.85. The molecule has 5 heteroatoms. The van der Waals surface area contributed by atoms with Gasteiger partial charge in [0.05, 0.1) is 15.8 Å². The van der Waals surface area contributed by atoms with Crippen molar-refractivity contribution in [1.82, 2.24) is 14.9 Å². The maximum absolute atomic E-state index is 4.07. The van der Waals surface area contributed by atoms with Crippen LogP contribution in [0.1, 0.15) is 10.6 Å². The summed E-state index contributed by atoms with van der Waals surface area (Å²) in [6.07, 6.45) is 3.70. The quantitative estimate of drug-likeness (QED) is 0.936. The van der Waals surface area contributed by atoms with Crippen LogP contribution in [0.3, 0.4) is 0 Å². The molecule has 15 heavy (non-hydrogen) atoms. The second kappa shape index (κ2) is 4.92. The Morgan fingerprint density at radius 3 is 2.93 bits per heavy atom. The first-order valence-electron chi connectivity index (χ1n) is 4.66. The molecule has 80 valence electrons. The van der Waals surface area contributed by atoms with Crippen molar-refractivity contribution in [1.29, 1.82) is 0 Å². The van der Waals surface area contributed by atoms with Crippen LogP contribution in [0.5, 0.6) is 0 Å². The molecule has 0 aromatic carbocycles. The van der Waals surface area contributed by atoms with E-state index in [1.165, 1.54) is 14.4 Å². The predicted octanol–water partition coefficient (Wildman–Crippen LogP) is 2.53. The summed E-state index contributed by atoms with van der Waals surface area (Å²) in [6, 6.07) is 4.21. The SMILES string of the molecule is Cn1cncc1CNCc1ccc(Br)s1. The van der Waals surface area contributed by atoms with Gasteiger partial charge in [0.2, 0.25) is 0 Å². The van der Waals surface area contributed by atoms with Crippen molar-refractivity contribution in [2.45, 2.75) is 13.1 Å². The summed E-state index contributed by atoms with van der Waals surface area (Å²) >= 11 is 5.21. The predicted molar refractivity (Wildman–Crippen MR) is 65.8 cm³/mol. The highest BCUT2D eigenvalue weighted by Crippen LogP contribution is 2.21. The molecular weight excluding hydrogens is 274 g/mol. The van der Waals surface area contributed by atoms with Gasteiger partial charge in [0.15, 0.2) is 0 Å². The van der Waals surface area contributed by atoms with Crippen LogP contribution in [0.15, 0.2) is 28.4 Å². The summed E-state index contributed by atoms with van der Waals surface area (Å²) in [4.78, 5) is 5.41. The van der Waals surface area contributed by atoms with Gasteiger partial charge in [-0.25, -0.2) is 4.98 Å². The van der Waals surface area contributed by atoms with Gasteiger partial charge in [-0.1, -0.05) is 0 Å². The molecule has 0 fully saturated rings. The summed E-state index contributed by atoms with van der Waals surface area (Å²) in [5.41, 5.74) is 1.20.